The molecule has 2 rings (SSSR count). The molecule has 19 heavy (non-hydrogen) atoms. The molecule has 0 fully saturated rings. The largest absolute Gasteiger partial charge is 0.327 e. The molecule has 0 heterocycles. The molecule has 0 aliphatic heterocycles. The van der Waals surface area contributed by atoms with E-state index in [2.05, 4.69) is 61.5 Å². The highest BCUT2D eigenvalue weighted by molar-refractivity contribution is 7.99. The third-order valence-corrected chi connectivity index (χ3v) is 4.56. The molecule has 1 unspecified atom stereocenters. The molecule has 0 bridgehead atoms. The number of rotatable bonds is 6. The third-order valence-electron chi connectivity index (χ3n) is 3.19. The van der Waals surface area contributed by atoms with Crippen molar-refractivity contribution < 1.29 is 0 Å². The lowest BCUT2D eigenvalue weighted by Crippen LogP contribution is -2.23. The molecule has 2 heteroatoms. The van der Waals surface area contributed by atoms with Crippen molar-refractivity contribution in [2.75, 3.05) is 5.75 Å². The topological polar surface area (TPSA) is 26.0 Å². The molecule has 2 N–H and O–H groups in total. The minimum absolute atomic E-state index is 0.254. The summed E-state index contributed by atoms with van der Waals surface area (Å²) in [7, 11) is 0. The van der Waals surface area contributed by atoms with Gasteiger partial charge in [-0.2, -0.15) is 0 Å². The van der Waals surface area contributed by atoms with Crippen molar-refractivity contribution in [1.29, 1.82) is 0 Å². The van der Waals surface area contributed by atoms with Gasteiger partial charge in [0.25, 0.3) is 0 Å². The Kier molecular flexibility index (Phi) is 5.49. The van der Waals surface area contributed by atoms with Crippen LogP contribution in [0.15, 0.2) is 59.5 Å². The maximum atomic E-state index is 6.20. The first kappa shape index (κ1) is 14.2. The number of hydrogen-bond donors (Lipinski definition) is 1. The minimum Gasteiger partial charge on any atom is -0.327 e. The van der Waals surface area contributed by atoms with Crippen LogP contribution in [0.1, 0.15) is 17.5 Å². The highest BCUT2D eigenvalue weighted by Crippen LogP contribution is 2.22. The zero-order chi connectivity index (χ0) is 13.5. The zero-order valence-electron chi connectivity index (χ0n) is 11.4. The quantitative estimate of drug-likeness (QED) is 0.802. The summed E-state index contributed by atoms with van der Waals surface area (Å²) >= 11 is 1.87. The van der Waals surface area contributed by atoms with Gasteiger partial charge in [0.2, 0.25) is 0 Å². The zero-order valence-corrected chi connectivity index (χ0v) is 12.2. The van der Waals surface area contributed by atoms with Crippen LogP contribution in [0.25, 0.3) is 0 Å². The summed E-state index contributed by atoms with van der Waals surface area (Å²) < 4.78 is 0. The molecule has 0 aromatic heterocycles. The van der Waals surface area contributed by atoms with Gasteiger partial charge >= 0.3 is 0 Å². The van der Waals surface area contributed by atoms with Crippen LogP contribution in [0, 0.1) is 6.92 Å². The van der Waals surface area contributed by atoms with Gasteiger partial charge in [0.1, 0.15) is 0 Å². The highest BCUT2D eigenvalue weighted by Gasteiger charge is 2.05. The second-order valence-corrected chi connectivity index (χ2v) is 5.92. The standard InChI is InChI=1S/C17H21NS/c1-14-7-5-6-10-17(14)19-13-16(18)12-11-15-8-3-2-4-9-15/h2-10,16H,11-13,18H2,1H3. The summed E-state index contributed by atoms with van der Waals surface area (Å²) in [5.41, 5.74) is 8.91. The number of thioether (sulfide) groups is 1. The Morgan fingerprint density at radius 1 is 1.00 bits per heavy atom. The first-order valence-corrected chi connectivity index (χ1v) is 7.72. The van der Waals surface area contributed by atoms with E-state index in [9.17, 15) is 0 Å². The molecular formula is C17H21NS. The number of benzene rings is 2. The van der Waals surface area contributed by atoms with Gasteiger partial charge in [-0.1, -0.05) is 48.5 Å². The van der Waals surface area contributed by atoms with Crippen molar-refractivity contribution in [1.82, 2.24) is 0 Å². The van der Waals surface area contributed by atoms with E-state index in [-0.39, 0.29) is 6.04 Å². The van der Waals surface area contributed by atoms with Crippen LogP contribution in [0.5, 0.6) is 0 Å². The van der Waals surface area contributed by atoms with Gasteiger partial charge in [-0.05, 0) is 37.0 Å². The van der Waals surface area contributed by atoms with Crippen molar-refractivity contribution in [2.45, 2.75) is 30.7 Å². The van der Waals surface area contributed by atoms with Crippen molar-refractivity contribution in [3.63, 3.8) is 0 Å². The van der Waals surface area contributed by atoms with Crippen LogP contribution in [0.3, 0.4) is 0 Å². The van der Waals surface area contributed by atoms with Crippen molar-refractivity contribution in [3.05, 3.63) is 65.7 Å². The fourth-order valence-corrected chi connectivity index (χ4v) is 3.03. The van der Waals surface area contributed by atoms with Crippen LogP contribution in [0.2, 0.25) is 0 Å². The molecule has 0 amide bonds. The smallest absolute Gasteiger partial charge is 0.0137 e. The Bertz CT molecular complexity index is 496. The van der Waals surface area contributed by atoms with Gasteiger partial charge in [0.15, 0.2) is 0 Å². The fraction of sp³-hybridized carbons (Fsp3) is 0.294. The van der Waals surface area contributed by atoms with Gasteiger partial charge in [-0.3, -0.25) is 0 Å². The van der Waals surface area contributed by atoms with Crippen LogP contribution >= 0.6 is 11.8 Å². The summed E-state index contributed by atoms with van der Waals surface area (Å²) in [5.74, 6) is 0.984. The average molecular weight is 271 g/mol. The van der Waals surface area contributed by atoms with Crippen LogP contribution in [0.4, 0.5) is 0 Å². The van der Waals surface area contributed by atoms with Gasteiger partial charge in [0, 0.05) is 16.7 Å². The van der Waals surface area contributed by atoms with Gasteiger partial charge in [0.05, 0.1) is 0 Å². The molecule has 0 saturated carbocycles. The maximum absolute atomic E-state index is 6.20. The van der Waals surface area contributed by atoms with Crippen LogP contribution < -0.4 is 5.73 Å². The Balaban J connectivity index is 1.76. The van der Waals surface area contributed by atoms with E-state index in [4.69, 9.17) is 5.73 Å². The molecule has 0 spiro atoms. The van der Waals surface area contributed by atoms with Crippen LogP contribution in [-0.4, -0.2) is 11.8 Å². The SMILES string of the molecule is Cc1ccccc1SCC(N)CCc1ccccc1. The third kappa shape index (κ3) is 4.73. The number of aryl methyl sites for hydroxylation is 2. The molecule has 0 aliphatic rings. The lowest BCUT2D eigenvalue weighted by atomic mass is 10.1. The molecule has 1 nitrogen and oxygen atoms in total. The molecule has 0 saturated heterocycles. The van der Waals surface area contributed by atoms with E-state index in [0.717, 1.165) is 18.6 Å². The van der Waals surface area contributed by atoms with E-state index in [0.29, 0.717) is 0 Å². The highest BCUT2D eigenvalue weighted by atomic mass is 32.2. The normalized spacial score (nSPS) is 12.3. The Morgan fingerprint density at radius 2 is 1.68 bits per heavy atom. The second-order valence-electron chi connectivity index (χ2n) is 4.86. The fourth-order valence-electron chi connectivity index (χ4n) is 2.00. The first-order chi connectivity index (χ1) is 9.25. The van der Waals surface area contributed by atoms with Crippen molar-refractivity contribution in [3.8, 4) is 0 Å². The van der Waals surface area contributed by atoms with Crippen LogP contribution in [-0.2, 0) is 6.42 Å². The average Bonchev–Trinajstić information content (AvgIpc) is 2.45. The van der Waals surface area contributed by atoms with E-state index < -0.39 is 0 Å². The number of hydrogen-bond acceptors (Lipinski definition) is 2. The van der Waals surface area contributed by atoms with E-state index in [1.165, 1.54) is 16.0 Å². The summed E-state index contributed by atoms with van der Waals surface area (Å²) in [5, 5.41) is 0. The molecule has 100 valence electrons. The summed E-state index contributed by atoms with van der Waals surface area (Å²) in [4.78, 5) is 1.35. The predicted octanol–water partition coefficient (Wildman–Crippen LogP) is 4.05. The van der Waals surface area contributed by atoms with Crippen molar-refractivity contribution >= 4 is 11.8 Å². The monoisotopic (exact) mass is 271 g/mol. The lowest BCUT2D eigenvalue weighted by Gasteiger charge is -2.12. The van der Waals surface area contributed by atoms with E-state index >= 15 is 0 Å². The maximum Gasteiger partial charge on any atom is 0.0137 e. The number of nitrogens with two attached hydrogens (primary N) is 1. The van der Waals surface area contributed by atoms with Gasteiger partial charge < -0.3 is 5.73 Å². The Labute approximate surface area is 120 Å². The summed E-state index contributed by atoms with van der Waals surface area (Å²) in [6, 6.07) is 19.3. The minimum atomic E-state index is 0.254. The summed E-state index contributed by atoms with van der Waals surface area (Å²) in [6.45, 7) is 2.15. The second kappa shape index (κ2) is 7.37. The van der Waals surface area contributed by atoms with Gasteiger partial charge in [-0.15, -0.1) is 11.8 Å². The molecule has 0 radical (unpaired) electrons. The Hall–Kier alpha value is -1.25. The van der Waals surface area contributed by atoms with Crippen molar-refractivity contribution in [2.24, 2.45) is 5.73 Å². The molecule has 1 atom stereocenters. The molecule has 2 aromatic rings. The lowest BCUT2D eigenvalue weighted by molar-refractivity contribution is 0.674. The summed E-state index contributed by atoms with van der Waals surface area (Å²) in [6.07, 6.45) is 2.11. The van der Waals surface area contributed by atoms with Gasteiger partial charge in [-0.25, -0.2) is 0 Å². The Morgan fingerprint density at radius 3 is 2.42 bits per heavy atom. The van der Waals surface area contributed by atoms with E-state index in [1.807, 2.05) is 11.8 Å². The predicted molar refractivity (Wildman–Crippen MR) is 84.6 cm³/mol. The first-order valence-electron chi connectivity index (χ1n) is 6.73. The van der Waals surface area contributed by atoms with E-state index in [1.54, 1.807) is 0 Å². The molecule has 2 aromatic carbocycles. The molecular weight excluding hydrogens is 250 g/mol. The molecule has 0 aliphatic carbocycles.